The van der Waals surface area contributed by atoms with Gasteiger partial charge in [0, 0.05) is 23.7 Å². The van der Waals surface area contributed by atoms with Crippen LogP contribution < -0.4 is 15.4 Å². The molecule has 1 amide bonds. The molecule has 2 heterocycles. The van der Waals surface area contributed by atoms with Crippen molar-refractivity contribution in [3.05, 3.63) is 30.1 Å². The Bertz CT molecular complexity index is 1020. The zero-order valence-electron chi connectivity index (χ0n) is 17.6. The first-order valence-electron chi connectivity index (χ1n) is 10.6. The zero-order valence-corrected chi connectivity index (χ0v) is 18.4. The minimum atomic E-state index is -3.30. The van der Waals surface area contributed by atoms with Gasteiger partial charge < -0.3 is 15.4 Å². The second kappa shape index (κ2) is 8.74. The molecule has 2 unspecified atom stereocenters. The largest absolute Gasteiger partial charge is 0.446 e. The minimum Gasteiger partial charge on any atom is -0.446 e. The first kappa shape index (κ1) is 21.4. The average Bonchev–Trinajstić information content (AvgIpc) is 3.31. The van der Waals surface area contributed by atoms with Crippen molar-refractivity contribution in [1.82, 2.24) is 20.5 Å². The van der Waals surface area contributed by atoms with Crippen LogP contribution >= 0.6 is 0 Å². The second-order valence-corrected chi connectivity index (χ2v) is 10.4. The Hall–Kier alpha value is -2.82. The number of hydrogen-bond acceptors (Lipinski definition) is 7. The van der Waals surface area contributed by atoms with Crippen LogP contribution in [-0.4, -0.2) is 47.1 Å². The highest BCUT2D eigenvalue weighted by atomic mass is 32.2. The van der Waals surface area contributed by atoms with E-state index in [1.807, 2.05) is 19.9 Å². The van der Waals surface area contributed by atoms with Crippen molar-refractivity contribution >= 4 is 33.4 Å². The van der Waals surface area contributed by atoms with E-state index < -0.39 is 10.0 Å². The van der Waals surface area contributed by atoms with Crippen molar-refractivity contribution in [2.45, 2.75) is 69.3 Å². The van der Waals surface area contributed by atoms with Gasteiger partial charge in [-0.25, -0.2) is 18.2 Å². The zero-order chi connectivity index (χ0) is 22.0. The molecule has 2 aliphatic carbocycles. The summed E-state index contributed by atoms with van der Waals surface area (Å²) in [7, 11) is -3.30. The maximum absolute atomic E-state index is 12.0. The normalized spacial score (nSPS) is 21.1. The molecule has 10 nitrogen and oxygen atoms in total. The quantitative estimate of drug-likeness (QED) is 0.486. The van der Waals surface area contributed by atoms with Crippen LogP contribution in [0.4, 0.5) is 22.1 Å². The molecule has 2 fully saturated rings. The number of rotatable bonds is 8. The third-order valence-electron chi connectivity index (χ3n) is 5.35. The van der Waals surface area contributed by atoms with Crippen LogP contribution in [0, 0.1) is 0 Å². The van der Waals surface area contributed by atoms with Gasteiger partial charge in [0.25, 0.3) is 0 Å². The molecule has 0 bridgehead atoms. The van der Waals surface area contributed by atoms with E-state index in [0.29, 0.717) is 30.2 Å². The molecule has 0 saturated heterocycles. The van der Waals surface area contributed by atoms with Crippen LogP contribution in [0.3, 0.4) is 0 Å². The lowest BCUT2D eigenvalue weighted by Gasteiger charge is -2.14. The fraction of sp³-hybridized carbons (Fsp3) is 0.550. The third kappa shape index (κ3) is 5.66. The highest BCUT2D eigenvalue weighted by Crippen LogP contribution is 2.36. The molecule has 0 spiro atoms. The summed E-state index contributed by atoms with van der Waals surface area (Å²) in [5.41, 5.74) is 1.42. The van der Waals surface area contributed by atoms with E-state index in [9.17, 15) is 13.2 Å². The van der Waals surface area contributed by atoms with Gasteiger partial charge in [0.05, 0.1) is 17.1 Å². The van der Waals surface area contributed by atoms with Crippen molar-refractivity contribution in [3.63, 3.8) is 0 Å². The van der Waals surface area contributed by atoms with Gasteiger partial charge in [-0.2, -0.15) is 5.10 Å². The highest BCUT2D eigenvalue weighted by molar-refractivity contribution is 7.93. The topological polar surface area (TPSA) is 138 Å². The van der Waals surface area contributed by atoms with Crippen LogP contribution in [0.1, 0.15) is 57.6 Å². The number of H-pyrrole nitrogens is 1. The molecule has 0 radical (unpaired) electrons. The van der Waals surface area contributed by atoms with Crippen molar-refractivity contribution in [2.24, 2.45) is 0 Å². The lowest BCUT2D eigenvalue weighted by atomic mass is 10.0. The van der Waals surface area contributed by atoms with Gasteiger partial charge in [0.2, 0.25) is 10.0 Å². The van der Waals surface area contributed by atoms with E-state index in [1.165, 1.54) is 6.20 Å². The van der Waals surface area contributed by atoms with E-state index >= 15 is 0 Å². The van der Waals surface area contributed by atoms with Gasteiger partial charge in [-0.1, -0.05) is 0 Å². The Morgan fingerprint density at radius 2 is 2.00 bits per heavy atom. The summed E-state index contributed by atoms with van der Waals surface area (Å²) in [4.78, 5) is 16.0. The Morgan fingerprint density at radius 3 is 2.68 bits per heavy atom. The highest BCUT2D eigenvalue weighted by Gasteiger charge is 2.35. The summed E-state index contributed by atoms with van der Waals surface area (Å²) in [6, 6.07) is 5.34. The number of sulfonamides is 1. The molecule has 2 saturated carbocycles. The van der Waals surface area contributed by atoms with Crippen LogP contribution in [0.5, 0.6) is 0 Å². The van der Waals surface area contributed by atoms with Crippen LogP contribution in [0.15, 0.2) is 24.4 Å². The van der Waals surface area contributed by atoms with E-state index in [1.54, 1.807) is 12.1 Å². The van der Waals surface area contributed by atoms with Crippen molar-refractivity contribution in [1.29, 1.82) is 0 Å². The monoisotopic (exact) mass is 448 g/mol. The predicted molar refractivity (Wildman–Crippen MR) is 117 cm³/mol. The van der Waals surface area contributed by atoms with Gasteiger partial charge in [-0.3, -0.25) is 9.82 Å². The second-order valence-electron chi connectivity index (χ2n) is 8.45. The first-order valence-corrected chi connectivity index (χ1v) is 12.1. The van der Waals surface area contributed by atoms with Gasteiger partial charge in [-0.05, 0) is 58.1 Å². The number of nitrogens with one attached hydrogen (secondary N) is 4. The standard InChI is InChI=1S/C20H28N6O4S/c1-12(2)22-20(27)30-15-5-3-13(9-15)17-10-19(25-24-17)23-18-8-4-14(11-21-18)26-31(28,29)16-6-7-16/h4,8,10-13,15-16,26H,3,5-7,9H2,1-2H3,(H,22,27)(H2,21,23,24,25). The van der Waals surface area contributed by atoms with Crippen molar-refractivity contribution in [2.75, 3.05) is 10.0 Å². The lowest BCUT2D eigenvalue weighted by Crippen LogP contribution is -2.33. The van der Waals surface area contributed by atoms with E-state index in [0.717, 1.165) is 25.0 Å². The van der Waals surface area contributed by atoms with E-state index in [4.69, 9.17) is 4.74 Å². The summed E-state index contributed by atoms with van der Waals surface area (Å²) in [5.74, 6) is 1.42. The molecule has 2 atom stereocenters. The van der Waals surface area contributed by atoms with E-state index in [-0.39, 0.29) is 29.4 Å². The molecule has 0 aliphatic heterocycles. The predicted octanol–water partition coefficient (Wildman–Crippen LogP) is 3.22. The first-order chi connectivity index (χ1) is 14.8. The number of nitrogens with zero attached hydrogens (tertiary/aromatic N) is 2. The van der Waals surface area contributed by atoms with Crippen LogP contribution in [-0.2, 0) is 14.8 Å². The molecule has 11 heteroatoms. The average molecular weight is 449 g/mol. The number of carbonyl (C=O) groups is 1. The number of alkyl carbamates (subject to hydrolysis) is 1. The molecule has 4 N–H and O–H groups in total. The van der Waals surface area contributed by atoms with Gasteiger partial charge >= 0.3 is 6.09 Å². The molecule has 168 valence electrons. The Kier molecular flexibility index (Phi) is 6.03. The molecular formula is C20H28N6O4S. The summed E-state index contributed by atoms with van der Waals surface area (Å²) < 4.78 is 32.0. The number of pyridine rings is 1. The molecular weight excluding hydrogens is 420 g/mol. The summed E-state index contributed by atoms with van der Waals surface area (Å²) in [6.07, 6.45) is 4.91. The Balaban J connectivity index is 1.29. The number of aromatic nitrogens is 3. The molecule has 0 aromatic carbocycles. The number of hydrogen-bond donors (Lipinski definition) is 4. The maximum Gasteiger partial charge on any atom is 0.407 e. The Labute approximate surface area is 181 Å². The number of anilines is 3. The molecule has 4 rings (SSSR count). The SMILES string of the molecule is CC(C)NC(=O)OC1CCC(c2cc(Nc3ccc(NS(=O)(=O)C4CC4)cn3)n[nH]2)C1. The summed E-state index contributed by atoms with van der Waals surface area (Å²) in [6.45, 7) is 3.79. The van der Waals surface area contributed by atoms with Crippen LogP contribution in [0.25, 0.3) is 0 Å². The number of carbonyl (C=O) groups excluding carboxylic acids is 1. The smallest absolute Gasteiger partial charge is 0.407 e. The lowest BCUT2D eigenvalue weighted by molar-refractivity contribution is 0.0981. The molecule has 31 heavy (non-hydrogen) atoms. The fourth-order valence-corrected chi connectivity index (χ4v) is 5.02. The molecule has 2 aliphatic rings. The third-order valence-corrected chi connectivity index (χ3v) is 7.21. The van der Waals surface area contributed by atoms with Gasteiger partial charge in [0.1, 0.15) is 11.9 Å². The molecule has 2 aromatic rings. The molecule has 2 aromatic heterocycles. The number of amides is 1. The fourth-order valence-electron chi connectivity index (χ4n) is 3.65. The summed E-state index contributed by atoms with van der Waals surface area (Å²) in [5, 5.41) is 12.9. The van der Waals surface area contributed by atoms with Gasteiger partial charge in [0.15, 0.2) is 5.82 Å². The number of ether oxygens (including phenoxy) is 1. The number of aromatic amines is 1. The van der Waals surface area contributed by atoms with Gasteiger partial charge in [-0.15, -0.1) is 0 Å². The van der Waals surface area contributed by atoms with Crippen LogP contribution in [0.2, 0.25) is 0 Å². The maximum atomic E-state index is 12.0. The minimum absolute atomic E-state index is 0.0481. The van der Waals surface area contributed by atoms with Crippen molar-refractivity contribution < 1.29 is 17.9 Å². The van der Waals surface area contributed by atoms with Crippen molar-refractivity contribution in [3.8, 4) is 0 Å². The Morgan fingerprint density at radius 1 is 1.19 bits per heavy atom. The van der Waals surface area contributed by atoms with E-state index in [2.05, 4.69) is 30.5 Å². The summed E-state index contributed by atoms with van der Waals surface area (Å²) >= 11 is 0.